The van der Waals surface area contributed by atoms with Crippen LogP contribution in [0.25, 0.3) is 0 Å². The van der Waals surface area contributed by atoms with Gasteiger partial charge in [-0.05, 0) is 35.9 Å². The highest BCUT2D eigenvalue weighted by atomic mass is 35.5. The molecule has 2 rings (SSSR count). The highest BCUT2D eigenvalue weighted by Crippen LogP contribution is 2.24. The Bertz CT molecular complexity index is 498. The Balaban J connectivity index is 2.21. The topological polar surface area (TPSA) is 35.5 Å². The van der Waals surface area contributed by atoms with Crippen molar-refractivity contribution in [3.05, 3.63) is 60.7 Å². The van der Waals surface area contributed by atoms with Crippen LogP contribution in [-0.2, 0) is 4.79 Å². The summed E-state index contributed by atoms with van der Waals surface area (Å²) in [5.74, 6) is -0.547. The van der Waals surface area contributed by atoms with Gasteiger partial charge in [-0.1, -0.05) is 36.4 Å². The number of carbonyl (C=O) groups is 1. The fourth-order valence-electron chi connectivity index (χ4n) is 1.53. The number of carbonyl (C=O) groups excluding carboxylic acids is 1. The van der Waals surface area contributed by atoms with Gasteiger partial charge in [0.25, 0.3) is 0 Å². The van der Waals surface area contributed by atoms with Crippen molar-refractivity contribution in [1.29, 1.82) is 0 Å². The molecule has 0 aliphatic carbocycles. The van der Waals surface area contributed by atoms with E-state index in [1.54, 1.807) is 48.5 Å². The van der Waals surface area contributed by atoms with Crippen LogP contribution in [0.1, 0.15) is 6.92 Å². The molecule has 2 aromatic rings. The second kappa shape index (κ2) is 5.76. The molecule has 98 valence electrons. The molecule has 0 saturated heterocycles. The van der Waals surface area contributed by atoms with Crippen LogP contribution in [0.3, 0.4) is 0 Å². The van der Waals surface area contributed by atoms with Gasteiger partial charge in [0.05, 0.1) is 0 Å². The average Bonchev–Trinajstić information content (AvgIpc) is 2.40. The number of hydrogen-bond acceptors (Lipinski definition) is 3. The summed E-state index contributed by atoms with van der Waals surface area (Å²) in [6.45, 7) is 1.49. The van der Waals surface area contributed by atoms with Crippen LogP contribution in [0.5, 0.6) is 11.5 Å². The smallest absolute Gasteiger partial charge is 0.324 e. The van der Waals surface area contributed by atoms with E-state index < -0.39 is 11.0 Å². The van der Waals surface area contributed by atoms with Crippen LogP contribution < -0.4 is 9.47 Å². The maximum absolute atomic E-state index is 11.6. The van der Waals surface area contributed by atoms with Crippen molar-refractivity contribution in [1.82, 2.24) is 0 Å². The molecular weight excluding hydrogens is 264 g/mol. The average molecular weight is 277 g/mol. The van der Waals surface area contributed by atoms with Crippen molar-refractivity contribution in [2.24, 2.45) is 0 Å². The molecule has 0 N–H and O–H groups in total. The number of benzene rings is 2. The fourth-order valence-corrected chi connectivity index (χ4v) is 1.61. The second-order valence-electron chi connectivity index (χ2n) is 4.05. The Morgan fingerprint density at radius 3 is 1.58 bits per heavy atom. The molecule has 0 fully saturated rings. The maximum atomic E-state index is 11.6. The van der Waals surface area contributed by atoms with E-state index in [0.717, 1.165) is 0 Å². The zero-order valence-corrected chi connectivity index (χ0v) is 11.1. The third-order valence-corrected chi connectivity index (χ3v) is 2.81. The van der Waals surface area contributed by atoms with Crippen LogP contribution >= 0.6 is 11.6 Å². The molecule has 3 nitrogen and oxygen atoms in total. The Morgan fingerprint density at radius 1 is 0.895 bits per heavy atom. The lowest BCUT2D eigenvalue weighted by atomic mass is 10.3. The van der Waals surface area contributed by atoms with Crippen molar-refractivity contribution < 1.29 is 14.3 Å². The summed E-state index contributed by atoms with van der Waals surface area (Å²) < 4.78 is 11.1. The Morgan fingerprint density at radius 2 is 1.26 bits per heavy atom. The van der Waals surface area contributed by atoms with E-state index in [2.05, 4.69) is 0 Å². The largest absolute Gasteiger partial charge is 0.445 e. The summed E-state index contributed by atoms with van der Waals surface area (Å²) in [7, 11) is 0. The van der Waals surface area contributed by atoms with Gasteiger partial charge < -0.3 is 9.47 Å². The third kappa shape index (κ3) is 3.48. The van der Waals surface area contributed by atoms with Crippen LogP contribution in [0, 0.1) is 0 Å². The summed E-state index contributed by atoms with van der Waals surface area (Å²) in [5.41, 5.74) is 0. The molecule has 0 amide bonds. The van der Waals surface area contributed by atoms with E-state index in [4.69, 9.17) is 21.1 Å². The van der Waals surface area contributed by atoms with Crippen LogP contribution in [0.4, 0.5) is 0 Å². The number of para-hydroxylation sites is 2. The molecular formula is C15H13ClO3. The first-order valence-corrected chi connectivity index (χ1v) is 6.16. The molecule has 19 heavy (non-hydrogen) atoms. The highest BCUT2D eigenvalue weighted by Gasteiger charge is 2.37. The SMILES string of the molecule is CC(Oc1ccccc1)(Oc1ccccc1)C(=O)Cl. The first-order valence-electron chi connectivity index (χ1n) is 5.78. The third-order valence-electron chi connectivity index (χ3n) is 2.47. The summed E-state index contributed by atoms with van der Waals surface area (Å²) in [6.07, 6.45) is 0. The highest BCUT2D eigenvalue weighted by molar-refractivity contribution is 6.65. The van der Waals surface area contributed by atoms with Gasteiger partial charge >= 0.3 is 11.0 Å². The van der Waals surface area contributed by atoms with Gasteiger partial charge in [0.1, 0.15) is 11.5 Å². The van der Waals surface area contributed by atoms with Gasteiger partial charge in [-0.15, -0.1) is 0 Å². The summed E-state index contributed by atoms with van der Waals surface area (Å²) >= 11 is 5.60. The number of rotatable bonds is 5. The predicted molar refractivity (Wildman–Crippen MR) is 73.4 cm³/mol. The van der Waals surface area contributed by atoms with Crippen molar-refractivity contribution >= 4 is 16.8 Å². The Kier molecular flexibility index (Phi) is 4.07. The minimum absolute atomic E-state index is 0.509. The van der Waals surface area contributed by atoms with E-state index in [-0.39, 0.29) is 0 Å². The zero-order chi connectivity index (χ0) is 13.7. The van der Waals surface area contributed by atoms with Crippen molar-refractivity contribution in [3.63, 3.8) is 0 Å². The summed E-state index contributed by atoms with van der Waals surface area (Å²) in [6, 6.07) is 17.8. The monoisotopic (exact) mass is 276 g/mol. The number of hydrogen-bond donors (Lipinski definition) is 0. The molecule has 0 unspecified atom stereocenters. The minimum Gasteiger partial charge on any atom is -0.445 e. The van der Waals surface area contributed by atoms with Crippen molar-refractivity contribution in [3.8, 4) is 11.5 Å². The lowest BCUT2D eigenvalue weighted by Gasteiger charge is -2.27. The molecule has 0 aliphatic heterocycles. The van der Waals surface area contributed by atoms with E-state index in [1.165, 1.54) is 6.92 Å². The standard InChI is InChI=1S/C15H13ClO3/c1-15(14(16)17,18-12-8-4-2-5-9-12)19-13-10-6-3-7-11-13/h2-11H,1H3. The van der Waals surface area contributed by atoms with E-state index in [0.29, 0.717) is 11.5 Å². The van der Waals surface area contributed by atoms with Gasteiger partial charge in [-0.3, -0.25) is 4.79 Å². The predicted octanol–water partition coefficient (Wildman–Crippen LogP) is 3.63. The number of halogens is 1. The quantitative estimate of drug-likeness (QED) is 0.618. The molecule has 4 heteroatoms. The van der Waals surface area contributed by atoms with E-state index in [9.17, 15) is 4.79 Å². The van der Waals surface area contributed by atoms with Gasteiger partial charge in [0, 0.05) is 6.92 Å². The number of ether oxygens (including phenoxy) is 2. The Hall–Kier alpha value is -2.00. The second-order valence-corrected chi connectivity index (χ2v) is 4.39. The molecule has 0 radical (unpaired) electrons. The Labute approximate surface area is 116 Å². The maximum Gasteiger partial charge on any atom is 0.324 e. The summed E-state index contributed by atoms with van der Waals surface area (Å²) in [4.78, 5) is 11.6. The first-order chi connectivity index (χ1) is 9.10. The van der Waals surface area contributed by atoms with E-state index in [1.807, 2.05) is 12.1 Å². The molecule has 0 heterocycles. The molecule has 0 aromatic heterocycles. The fraction of sp³-hybridized carbons (Fsp3) is 0.133. The molecule has 0 atom stereocenters. The van der Waals surface area contributed by atoms with Gasteiger partial charge in [-0.25, -0.2) is 0 Å². The molecule has 0 spiro atoms. The van der Waals surface area contributed by atoms with E-state index >= 15 is 0 Å². The minimum atomic E-state index is -1.57. The first kappa shape index (κ1) is 13.4. The molecule has 0 aliphatic rings. The van der Waals surface area contributed by atoms with Crippen LogP contribution in [0.15, 0.2) is 60.7 Å². The molecule has 2 aromatic carbocycles. The zero-order valence-electron chi connectivity index (χ0n) is 10.4. The van der Waals surface area contributed by atoms with Crippen LogP contribution in [0.2, 0.25) is 0 Å². The van der Waals surface area contributed by atoms with Crippen molar-refractivity contribution in [2.45, 2.75) is 12.7 Å². The molecule has 0 saturated carbocycles. The van der Waals surface area contributed by atoms with Gasteiger partial charge in [0.15, 0.2) is 0 Å². The van der Waals surface area contributed by atoms with Gasteiger partial charge in [0.2, 0.25) is 0 Å². The normalized spacial score (nSPS) is 10.8. The van der Waals surface area contributed by atoms with Gasteiger partial charge in [-0.2, -0.15) is 0 Å². The lowest BCUT2D eigenvalue weighted by molar-refractivity contribution is -0.150. The summed E-state index contributed by atoms with van der Waals surface area (Å²) in [5, 5.41) is -0.722. The van der Waals surface area contributed by atoms with Crippen LogP contribution in [-0.4, -0.2) is 11.0 Å². The molecule has 0 bridgehead atoms. The lowest BCUT2D eigenvalue weighted by Crippen LogP contribution is -2.44. The van der Waals surface area contributed by atoms with Crippen molar-refractivity contribution in [2.75, 3.05) is 0 Å².